The summed E-state index contributed by atoms with van der Waals surface area (Å²) in [6.45, 7) is 4.03. The Labute approximate surface area is 186 Å². The number of aliphatic hydroxyl groups excluding tert-OH is 2. The minimum Gasteiger partial charge on any atom is -0.550 e. The fourth-order valence-corrected chi connectivity index (χ4v) is 3.75. The van der Waals surface area contributed by atoms with Crippen LogP contribution in [0.3, 0.4) is 0 Å². The van der Waals surface area contributed by atoms with Crippen LogP contribution in [0.1, 0.15) is 50.3 Å². The molecule has 0 radical (unpaired) electrons. The van der Waals surface area contributed by atoms with Crippen molar-refractivity contribution in [1.29, 1.82) is 0 Å². The van der Waals surface area contributed by atoms with Gasteiger partial charge in [0, 0.05) is 29.7 Å². The van der Waals surface area contributed by atoms with Gasteiger partial charge in [-0.25, -0.2) is 14.1 Å². The van der Waals surface area contributed by atoms with Crippen LogP contribution < -0.4 is 5.11 Å². The van der Waals surface area contributed by atoms with E-state index in [0.29, 0.717) is 18.7 Å². The van der Waals surface area contributed by atoms with Crippen molar-refractivity contribution in [3.63, 3.8) is 0 Å². The largest absolute Gasteiger partial charge is 0.550 e. The molecule has 2 aromatic heterocycles. The number of rotatable bonds is 10. The van der Waals surface area contributed by atoms with Crippen LogP contribution in [0, 0.1) is 5.82 Å². The van der Waals surface area contributed by atoms with Crippen LogP contribution in [0.15, 0.2) is 48.7 Å². The molecule has 3 aromatic rings. The molecule has 2 N–H and O–H groups in total. The predicted molar refractivity (Wildman–Crippen MR) is 115 cm³/mol. The van der Waals surface area contributed by atoms with Crippen LogP contribution in [0.4, 0.5) is 4.39 Å². The fraction of sp³-hybridized carbons (Fsp3) is 0.375. The van der Waals surface area contributed by atoms with Gasteiger partial charge in [0.1, 0.15) is 5.82 Å². The first-order chi connectivity index (χ1) is 15.3. The van der Waals surface area contributed by atoms with Gasteiger partial charge in [0.15, 0.2) is 5.82 Å². The Morgan fingerprint density at radius 1 is 1.12 bits per heavy atom. The molecule has 0 amide bonds. The van der Waals surface area contributed by atoms with Crippen molar-refractivity contribution in [2.24, 2.45) is 0 Å². The maximum atomic E-state index is 13.6. The van der Waals surface area contributed by atoms with E-state index in [1.165, 1.54) is 12.1 Å². The minimum atomic E-state index is -1.36. The number of carboxylic acid groups (broad SMARTS) is 1. The van der Waals surface area contributed by atoms with Crippen molar-refractivity contribution < 1.29 is 24.5 Å². The molecule has 1 aromatic carbocycles. The highest BCUT2D eigenvalue weighted by atomic mass is 19.1. The van der Waals surface area contributed by atoms with Gasteiger partial charge < -0.3 is 20.1 Å². The number of hydrogen-bond acceptors (Lipinski definition) is 6. The molecule has 0 aliphatic rings. The van der Waals surface area contributed by atoms with Crippen molar-refractivity contribution in [3.05, 3.63) is 65.7 Å². The highest BCUT2D eigenvalue weighted by molar-refractivity contribution is 5.67. The van der Waals surface area contributed by atoms with Gasteiger partial charge in [0.25, 0.3) is 0 Å². The molecule has 0 aliphatic heterocycles. The topological polar surface area (TPSA) is 111 Å². The summed E-state index contributed by atoms with van der Waals surface area (Å²) in [5.74, 6) is -1.01. The highest BCUT2D eigenvalue weighted by Gasteiger charge is 2.24. The lowest BCUT2D eigenvalue weighted by Crippen LogP contribution is -2.29. The van der Waals surface area contributed by atoms with Crippen molar-refractivity contribution >= 4 is 5.97 Å². The molecule has 170 valence electrons. The third kappa shape index (κ3) is 5.77. The van der Waals surface area contributed by atoms with E-state index < -0.39 is 24.6 Å². The molecule has 0 aliphatic carbocycles. The van der Waals surface area contributed by atoms with Gasteiger partial charge in [-0.2, -0.15) is 5.10 Å². The molecule has 2 heterocycles. The lowest BCUT2D eigenvalue weighted by atomic mass is 9.94. The molecule has 0 saturated carbocycles. The van der Waals surface area contributed by atoms with E-state index in [-0.39, 0.29) is 18.2 Å². The van der Waals surface area contributed by atoms with Gasteiger partial charge in [-0.05, 0) is 61.6 Å². The Morgan fingerprint density at radius 2 is 1.84 bits per heavy atom. The van der Waals surface area contributed by atoms with Crippen LogP contribution in [-0.2, 0) is 11.2 Å². The molecule has 3 rings (SSSR count). The number of aromatic nitrogens is 3. The van der Waals surface area contributed by atoms with Gasteiger partial charge in [-0.1, -0.05) is 19.9 Å². The third-order valence-electron chi connectivity index (χ3n) is 5.22. The van der Waals surface area contributed by atoms with Gasteiger partial charge in [-0.3, -0.25) is 0 Å². The second-order valence-electron chi connectivity index (χ2n) is 8.13. The van der Waals surface area contributed by atoms with Crippen molar-refractivity contribution in [1.82, 2.24) is 14.8 Å². The Hall–Kier alpha value is -3.10. The normalized spacial score (nSPS) is 13.3. The zero-order valence-electron chi connectivity index (χ0n) is 18.1. The smallest absolute Gasteiger partial charge is 0.153 e. The van der Waals surface area contributed by atoms with Gasteiger partial charge >= 0.3 is 0 Å². The van der Waals surface area contributed by atoms with E-state index in [0.717, 1.165) is 22.5 Å². The lowest BCUT2D eigenvalue weighted by molar-refractivity contribution is -0.307. The number of hydrogen-bond donors (Lipinski definition) is 2. The summed E-state index contributed by atoms with van der Waals surface area (Å²) < 4.78 is 15.3. The first-order valence-electron chi connectivity index (χ1n) is 10.6. The van der Waals surface area contributed by atoms with Gasteiger partial charge in [0.2, 0.25) is 0 Å². The number of aliphatic hydroxyl groups is 2. The number of pyridine rings is 1. The van der Waals surface area contributed by atoms with E-state index in [4.69, 9.17) is 5.10 Å². The van der Waals surface area contributed by atoms with Crippen LogP contribution in [-0.4, -0.2) is 43.2 Å². The average Bonchev–Trinajstić information content (AvgIpc) is 3.12. The molecule has 0 saturated heterocycles. The molecular formula is C24H27FN3O4-. The first kappa shape index (κ1) is 23.6. The van der Waals surface area contributed by atoms with E-state index in [1.54, 1.807) is 23.0 Å². The van der Waals surface area contributed by atoms with Gasteiger partial charge in [0.05, 0.1) is 23.6 Å². The van der Waals surface area contributed by atoms with E-state index in [1.807, 2.05) is 32.0 Å². The molecular weight excluding hydrogens is 413 g/mol. The molecule has 0 fully saturated rings. The monoisotopic (exact) mass is 440 g/mol. The van der Waals surface area contributed by atoms with E-state index >= 15 is 0 Å². The molecule has 0 spiro atoms. The van der Waals surface area contributed by atoms with Crippen LogP contribution in [0.5, 0.6) is 0 Å². The average molecular weight is 440 g/mol. The summed E-state index contributed by atoms with van der Waals surface area (Å²) in [7, 11) is 0. The fourth-order valence-electron chi connectivity index (χ4n) is 3.75. The number of carbonyl (C=O) groups is 1. The molecule has 8 heteroatoms. The third-order valence-corrected chi connectivity index (χ3v) is 5.22. The highest BCUT2D eigenvalue weighted by Crippen LogP contribution is 2.33. The zero-order valence-corrected chi connectivity index (χ0v) is 18.1. The summed E-state index contributed by atoms with van der Waals surface area (Å²) >= 11 is 0. The Bertz CT molecular complexity index is 1040. The number of benzene rings is 1. The van der Waals surface area contributed by atoms with E-state index in [9.17, 15) is 24.5 Å². The lowest BCUT2D eigenvalue weighted by Gasteiger charge is -2.17. The molecule has 1 unspecified atom stereocenters. The maximum Gasteiger partial charge on any atom is 0.153 e. The summed E-state index contributed by atoms with van der Waals surface area (Å²) in [5.41, 5.74) is 3.25. The summed E-state index contributed by atoms with van der Waals surface area (Å²) in [5, 5.41) is 35.6. The Balaban J connectivity index is 1.99. The quantitative estimate of drug-likeness (QED) is 0.501. The minimum absolute atomic E-state index is 0.0642. The SMILES string of the molecule is CC(C)c1nn(-c2ccccn2)c(-c2ccc(F)cc2)c1CCC(O)C[C@@H](O)CC(=O)[O-]. The number of halogens is 1. The molecule has 7 nitrogen and oxygen atoms in total. The summed E-state index contributed by atoms with van der Waals surface area (Å²) in [6, 6.07) is 11.6. The second-order valence-corrected chi connectivity index (χ2v) is 8.13. The zero-order chi connectivity index (χ0) is 23.3. The maximum absolute atomic E-state index is 13.6. The Kier molecular flexibility index (Phi) is 7.71. The van der Waals surface area contributed by atoms with E-state index in [2.05, 4.69) is 4.98 Å². The number of aliphatic carboxylic acids is 1. The van der Waals surface area contributed by atoms with Crippen LogP contribution in [0.2, 0.25) is 0 Å². The first-order valence-corrected chi connectivity index (χ1v) is 10.6. The summed E-state index contributed by atoms with van der Waals surface area (Å²) in [6.07, 6.45) is -0.255. The van der Waals surface area contributed by atoms with Crippen molar-refractivity contribution in [2.75, 3.05) is 0 Å². The standard InChI is InChI=1S/C24H28FN3O4/c1-15(2)23-20(11-10-18(29)13-19(30)14-22(31)32)24(16-6-8-17(25)9-7-16)28(27-23)21-5-3-4-12-26-21/h3-9,12,15,18-19,29-30H,10-11,13-14H2,1-2H3,(H,31,32)/p-1/t18?,19-/m1/s1. The molecule has 2 atom stereocenters. The van der Waals surface area contributed by atoms with Crippen LogP contribution in [0.25, 0.3) is 17.1 Å². The number of carbonyl (C=O) groups excluding carboxylic acids is 1. The van der Waals surface area contributed by atoms with Gasteiger partial charge in [-0.15, -0.1) is 0 Å². The molecule has 0 bridgehead atoms. The molecule has 32 heavy (non-hydrogen) atoms. The Morgan fingerprint density at radius 3 is 2.44 bits per heavy atom. The second kappa shape index (κ2) is 10.5. The van der Waals surface area contributed by atoms with Crippen molar-refractivity contribution in [2.45, 2.75) is 57.7 Å². The van der Waals surface area contributed by atoms with Crippen LogP contribution >= 0.6 is 0 Å². The summed E-state index contributed by atoms with van der Waals surface area (Å²) in [4.78, 5) is 15.1. The number of nitrogens with zero attached hydrogens (tertiary/aromatic N) is 3. The van der Waals surface area contributed by atoms with Crippen molar-refractivity contribution in [3.8, 4) is 17.1 Å². The number of carboxylic acids is 1. The predicted octanol–water partition coefficient (Wildman–Crippen LogP) is 2.38.